The average molecular weight is 475 g/mol. The maximum atomic E-state index is 13.3. The van der Waals surface area contributed by atoms with Gasteiger partial charge in [0, 0.05) is 26.7 Å². The van der Waals surface area contributed by atoms with Gasteiger partial charge in [-0.15, -0.1) is 0 Å². The minimum atomic E-state index is -0.782. The molecular formula is C23H34N6O5. The van der Waals surface area contributed by atoms with Gasteiger partial charge in [0.25, 0.3) is 11.5 Å². The van der Waals surface area contributed by atoms with Crippen molar-refractivity contribution < 1.29 is 14.7 Å². The van der Waals surface area contributed by atoms with Crippen molar-refractivity contribution in [2.75, 3.05) is 14.1 Å². The molecule has 3 amide bonds. The normalized spacial score (nSPS) is 29.1. The molecule has 4 N–H and O–H groups in total. The van der Waals surface area contributed by atoms with E-state index in [9.17, 15) is 24.3 Å². The van der Waals surface area contributed by atoms with E-state index in [1.165, 1.54) is 16.5 Å². The van der Waals surface area contributed by atoms with Crippen LogP contribution in [-0.2, 0) is 11.3 Å². The fourth-order valence-electron chi connectivity index (χ4n) is 6.33. The van der Waals surface area contributed by atoms with Crippen LogP contribution in [0, 0.1) is 10.8 Å². The summed E-state index contributed by atoms with van der Waals surface area (Å²) in [7, 11) is 3.19. The van der Waals surface area contributed by atoms with E-state index >= 15 is 0 Å². The minimum absolute atomic E-state index is 0.116. The van der Waals surface area contributed by atoms with Crippen molar-refractivity contribution in [2.24, 2.45) is 11.1 Å². The molecule has 11 nitrogen and oxygen atoms in total. The van der Waals surface area contributed by atoms with Crippen LogP contribution >= 0.6 is 0 Å². The summed E-state index contributed by atoms with van der Waals surface area (Å²) in [6.07, 6.45) is 6.08. The molecular weight excluding hydrogens is 440 g/mol. The van der Waals surface area contributed by atoms with E-state index in [1.54, 1.807) is 11.9 Å². The first-order chi connectivity index (χ1) is 16.0. The van der Waals surface area contributed by atoms with Gasteiger partial charge < -0.3 is 15.7 Å². The van der Waals surface area contributed by atoms with Gasteiger partial charge >= 0.3 is 11.7 Å². The lowest BCUT2D eigenvalue weighted by molar-refractivity contribution is -0.146. The van der Waals surface area contributed by atoms with Crippen LogP contribution in [0.1, 0.15) is 76.3 Å². The average Bonchev–Trinajstić information content (AvgIpc) is 2.92. The second-order valence-electron chi connectivity index (χ2n) is 10.3. The smallest absolute Gasteiger partial charge is 0.334 e. The number of hydrogen-bond donors (Lipinski definition) is 3. The number of nitrogen functional groups attached to an aromatic ring is 1. The number of nitrogens with one attached hydrogen (secondary N) is 1. The number of rotatable bonds is 5. The lowest BCUT2D eigenvalue weighted by Crippen LogP contribution is -2.62. The molecule has 2 heterocycles. The summed E-state index contributed by atoms with van der Waals surface area (Å²) in [4.78, 5) is 54.3. The van der Waals surface area contributed by atoms with Crippen molar-refractivity contribution in [2.45, 2.75) is 82.8 Å². The molecule has 0 unspecified atom stereocenters. The minimum Gasteiger partial charge on any atom is -0.494 e. The summed E-state index contributed by atoms with van der Waals surface area (Å²) in [6.45, 7) is 2.19. The van der Waals surface area contributed by atoms with Crippen LogP contribution < -0.4 is 17.0 Å². The Morgan fingerprint density at radius 1 is 1.15 bits per heavy atom. The summed E-state index contributed by atoms with van der Waals surface area (Å²) in [6, 6.07) is -0.671. The van der Waals surface area contributed by atoms with Crippen LogP contribution in [0.3, 0.4) is 0 Å². The summed E-state index contributed by atoms with van der Waals surface area (Å²) in [5.74, 6) is -1.27. The molecule has 34 heavy (non-hydrogen) atoms. The molecule has 2 aliphatic carbocycles. The van der Waals surface area contributed by atoms with Crippen molar-refractivity contribution in [3.8, 4) is 5.88 Å². The Bertz CT molecular complexity index is 1160. The molecule has 2 spiro atoms. The lowest BCUT2D eigenvalue weighted by atomic mass is 9.53. The Balaban J connectivity index is 1.62. The number of amides is 3. The second kappa shape index (κ2) is 8.28. The predicted octanol–water partition coefficient (Wildman–Crippen LogP) is 1.35. The molecule has 1 aromatic heterocycles. The maximum Gasteiger partial charge on any atom is 0.334 e. The number of carbonyl (C=O) groups is 2. The first-order valence-electron chi connectivity index (χ1n) is 12.0. The molecule has 0 aromatic carbocycles. The third-order valence-corrected chi connectivity index (χ3v) is 8.22. The third kappa shape index (κ3) is 3.35. The van der Waals surface area contributed by atoms with Crippen molar-refractivity contribution in [3.63, 3.8) is 0 Å². The van der Waals surface area contributed by atoms with E-state index in [4.69, 9.17) is 11.1 Å². The van der Waals surface area contributed by atoms with Gasteiger partial charge in [-0.2, -0.15) is 0 Å². The SMILES string of the molecule is CCCCn1c(O)c(C(=N)N)c(=O)n([C@H]2CCCC3(CC2)CC2(C3)C(=O)N(C)C(=O)N2C)c1=O. The van der Waals surface area contributed by atoms with Gasteiger partial charge in [-0.25, -0.2) is 9.59 Å². The van der Waals surface area contributed by atoms with E-state index in [1.807, 2.05) is 6.92 Å². The molecule has 186 valence electrons. The van der Waals surface area contributed by atoms with E-state index < -0.39 is 28.5 Å². The number of imide groups is 1. The summed E-state index contributed by atoms with van der Waals surface area (Å²) < 4.78 is 2.32. The predicted molar refractivity (Wildman–Crippen MR) is 125 cm³/mol. The van der Waals surface area contributed by atoms with Crippen molar-refractivity contribution >= 4 is 17.8 Å². The Labute approximate surface area is 197 Å². The highest BCUT2D eigenvalue weighted by Crippen LogP contribution is 2.60. The molecule has 0 radical (unpaired) electrons. The van der Waals surface area contributed by atoms with Crippen LogP contribution in [0.5, 0.6) is 5.88 Å². The number of aromatic hydroxyl groups is 1. The third-order valence-electron chi connectivity index (χ3n) is 8.22. The molecule has 2 saturated carbocycles. The molecule has 11 heteroatoms. The van der Waals surface area contributed by atoms with Gasteiger partial charge in [0.15, 0.2) is 0 Å². The largest absolute Gasteiger partial charge is 0.494 e. The zero-order valence-corrected chi connectivity index (χ0v) is 20.1. The van der Waals surface area contributed by atoms with E-state index in [0.717, 1.165) is 30.3 Å². The Morgan fingerprint density at radius 2 is 1.82 bits per heavy atom. The molecule has 1 aromatic rings. The number of aromatic nitrogens is 2. The molecule has 0 bridgehead atoms. The van der Waals surface area contributed by atoms with Crippen LogP contribution in [0.2, 0.25) is 0 Å². The Morgan fingerprint density at radius 3 is 2.38 bits per heavy atom. The highest BCUT2D eigenvalue weighted by Gasteiger charge is 2.66. The topological polar surface area (TPSA) is 155 Å². The standard InChI is InChI=1S/C23H34N6O5/c1-4-5-11-28-17(30)15(16(24)25)18(31)29(21(28)34)14-7-6-9-22(10-8-14)12-23(13-22)19(32)26(2)20(33)27(23)3/h14,30H,4-13H2,1-3H3,(H3,24,25)/t14-,22?,23?/m0/s1. The number of nitrogens with two attached hydrogens (primary N) is 1. The van der Waals surface area contributed by atoms with E-state index in [0.29, 0.717) is 32.1 Å². The molecule has 1 saturated heterocycles. The molecule has 3 aliphatic rings. The molecule has 1 aliphatic heterocycles. The quantitative estimate of drug-likeness (QED) is 0.332. The summed E-state index contributed by atoms with van der Waals surface area (Å²) in [5.41, 5.74) is 3.06. The Hall–Kier alpha value is -3.11. The van der Waals surface area contributed by atoms with Crippen molar-refractivity contribution in [1.82, 2.24) is 18.9 Å². The Kier molecular flexibility index (Phi) is 5.85. The van der Waals surface area contributed by atoms with Crippen LogP contribution in [0.15, 0.2) is 9.59 Å². The zero-order valence-electron chi connectivity index (χ0n) is 20.1. The van der Waals surface area contributed by atoms with Crippen LogP contribution in [-0.4, -0.2) is 61.4 Å². The molecule has 1 atom stereocenters. The molecule has 3 fully saturated rings. The molecule has 4 rings (SSSR count). The zero-order chi connectivity index (χ0) is 25.0. The van der Waals surface area contributed by atoms with Gasteiger partial charge in [-0.3, -0.25) is 29.0 Å². The van der Waals surface area contributed by atoms with Gasteiger partial charge in [-0.05, 0) is 50.4 Å². The highest BCUT2D eigenvalue weighted by atomic mass is 16.3. The monoisotopic (exact) mass is 474 g/mol. The first kappa shape index (κ1) is 24.0. The number of unbranched alkanes of at least 4 members (excludes halogenated alkanes) is 1. The number of hydrogen-bond acceptors (Lipinski definition) is 6. The van der Waals surface area contributed by atoms with Gasteiger partial charge in [0.2, 0.25) is 5.88 Å². The number of urea groups is 1. The van der Waals surface area contributed by atoms with Crippen LogP contribution in [0.25, 0.3) is 0 Å². The second-order valence-corrected chi connectivity index (χ2v) is 10.3. The number of nitrogens with zero attached hydrogens (tertiary/aromatic N) is 4. The number of likely N-dealkylation sites (N-methyl/N-ethyl adjacent to an activating group) is 2. The van der Waals surface area contributed by atoms with Gasteiger partial charge in [0.05, 0.1) is 0 Å². The fraction of sp³-hybridized carbons (Fsp3) is 0.696. The first-order valence-corrected chi connectivity index (χ1v) is 12.0. The fourth-order valence-corrected chi connectivity index (χ4v) is 6.33. The van der Waals surface area contributed by atoms with Gasteiger partial charge in [0.1, 0.15) is 16.9 Å². The van der Waals surface area contributed by atoms with Crippen molar-refractivity contribution in [1.29, 1.82) is 5.41 Å². The number of carbonyl (C=O) groups excluding carboxylic acids is 2. The lowest BCUT2D eigenvalue weighted by Gasteiger charge is -2.55. The number of amidine groups is 1. The summed E-state index contributed by atoms with van der Waals surface area (Å²) in [5, 5.41) is 18.3. The summed E-state index contributed by atoms with van der Waals surface area (Å²) >= 11 is 0. The van der Waals surface area contributed by atoms with E-state index in [2.05, 4.69) is 0 Å². The van der Waals surface area contributed by atoms with Crippen LogP contribution in [0.4, 0.5) is 4.79 Å². The van der Waals surface area contributed by atoms with E-state index in [-0.39, 0.29) is 35.5 Å². The highest BCUT2D eigenvalue weighted by molar-refractivity contribution is 6.07. The maximum absolute atomic E-state index is 13.3. The van der Waals surface area contributed by atoms with Crippen molar-refractivity contribution in [3.05, 3.63) is 26.4 Å². The van der Waals surface area contributed by atoms with Gasteiger partial charge in [-0.1, -0.05) is 19.8 Å².